The first-order chi connectivity index (χ1) is 28.4. The molecule has 178 valence electrons. The summed E-state index contributed by atoms with van der Waals surface area (Å²) in [6.07, 6.45) is -1.92. The summed E-state index contributed by atoms with van der Waals surface area (Å²) in [6.45, 7) is 0. The van der Waals surface area contributed by atoms with Gasteiger partial charge in [0.2, 0.25) is 0 Å². The van der Waals surface area contributed by atoms with E-state index in [4.69, 9.17) is 21.9 Å². The molecule has 1 aliphatic rings. The molecule has 8 rings (SSSR count). The van der Waals surface area contributed by atoms with Crippen LogP contribution in [0.3, 0.4) is 0 Å². The Hall–Kier alpha value is -4.68. The van der Waals surface area contributed by atoms with Crippen molar-refractivity contribution in [3.8, 4) is 22.3 Å². The normalized spacial score (nSPS) is 24.9. The molecule has 1 aliphatic carbocycles. The first kappa shape index (κ1) is 8.68. The van der Waals surface area contributed by atoms with Crippen LogP contribution in [0.5, 0.6) is 0 Å². The summed E-state index contributed by atoms with van der Waals surface area (Å²) in [5, 5.41) is -3.57. The Balaban J connectivity index is 1.78. The lowest BCUT2D eigenvalue weighted by Crippen LogP contribution is -2.13. The standard InChI is InChI=1S/C38H26/c1-3-15-27-25(12-1)14-11-23-31(27)37-32-19-7-9-21-34(32)38(35-22-10-8-20-33(35)37)36-24-26-13-2-4-16-28(26)29-17-5-6-18-30(29)36/h1-23,36H,24H2/i1D,2D,3D,4D,5D,6D,7D,8D,9D,10D,11D,12D,13D,14D,15D,17D,18D,19D,20D,21D,22D,23D,24D. The summed E-state index contributed by atoms with van der Waals surface area (Å²) in [7, 11) is 0. The van der Waals surface area contributed by atoms with Gasteiger partial charge in [0.05, 0.1) is 30.2 Å². The van der Waals surface area contributed by atoms with Gasteiger partial charge in [0.15, 0.2) is 0 Å². The van der Waals surface area contributed by atoms with Crippen molar-refractivity contribution in [1.82, 2.24) is 0 Å². The summed E-state index contributed by atoms with van der Waals surface area (Å²) in [5.41, 5.74) is -2.96. The second-order valence-electron chi connectivity index (χ2n) is 8.59. The molecule has 0 amide bonds. The van der Waals surface area contributed by atoms with E-state index in [0.29, 0.717) is 0 Å². The Morgan fingerprint density at radius 1 is 0.500 bits per heavy atom. The maximum atomic E-state index is 9.82. The molecule has 7 aromatic rings. The SMILES string of the molecule is [2H]c1cc2c(c([2H])c1[2H])C([2H])C(c1c3c([2H])c([2H])c([2H])c([2H])c3c(-c3c([2H])c([2H])c([2H])c4c([2H])c([2H])c([2H])c([2H])c34)c3c([2H])c([2H])c([2H])c([2H])c13)c1c([2H])c([2H])c([2H])c([2H])c1-2. The summed E-state index contributed by atoms with van der Waals surface area (Å²) in [5.74, 6) is -1.88. The van der Waals surface area contributed by atoms with Gasteiger partial charge in [-0.05, 0) is 77.7 Å². The van der Waals surface area contributed by atoms with Gasteiger partial charge >= 0.3 is 0 Å². The van der Waals surface area contributed by atoms with E-state index in [1.54, 1.807) is 0 Å². The van der Waals surface area contributed by atoms with Crippen molar-refractivity contribution in [2.24, 2.45) is 0 Å². The molecule has 0 bridgehead atoms. The lowest BCUT2D eigenvalue weighted by molar-refractivity contribution is 0.806. The van der Waals surface area contributed by atoms with Gasteiger partial charge in [0.25, 0.3) is 0 Å². The molecule has 2 unspecified atom stereocenters. The van der Waals surface area contributed by atoms with Crippen molar-refractivity contribution in [3.05, 3.63) is 156 Å². The highest BCUT2D eigenvalue weighted by Gasteiger charge is 2.29. The van der Waals surface area contributed by atoms with Gasteiger partial charge in [-0.2, -0.15) is 0 Å². The Labute approximate surface area is 255 Å². The number of benzene rings is 7. The van der Waals surface area contributed by atoms with Crippen molar-refractivity contribution >= 4 is 32.3 Å². The molecule has 0 radical (unpaired) electrons. The zero-order valence-electron chi connectivity index (χ0n) is 42.2. The van der Waals surface area contributed by atoms with Crippen molar-refractivity contribution in [2.45, 2.75) is 12.3 Å². The molecule has 0 heterocycles. The summed E-state index contributed by atoms with van der Waals surface area (Å²) >= 11 is 0. The molecular formula is C38H26. The van der Waals surface area contributed by atoms with E-state index >= 15 is 0 Å². The minimum Gasteiger partial charge on any atom is -0.0620 e. The van der Waals surface area contributed by atoms with Gasteiger partial charge < -0.3 is 0 Å². The number of fused-ring (bicyclic) bond motifs is 6. The van der Waals surface area contributed by atoms with Crippen LogP contribution in [0, 0.1) is 0 Å². The third-order valence-electron chi connectivity index (χ3n) is 6.69. The fourth-order valence-corrected chi connectivity index (χ4v) is 5.16. The van der Waals surface area contributed by atoms with Crippen LogP contribution in [-0.2, 0) is 6.40 Å². The van der Waals surface area contributed by atoms with Crippen LogP contribution in [0.4, 0.5) is 0 Å². The molecule has 0 nitrogen and oxygen atoms in total. The van der Waals surface area contributed by atoms with Crippen LogP contribution < -0.4 is 0 Å². The zero-order chi connectivity index (χ0) is 45.1. The molecule has 2 atom stereocenters. The molecule has 0 saturated heterocycles. The van der Waals surface area contributed by atoms with E-state index in [1.165, 1.54) is 0 Å². The predicted octanol–water partition coefficient (Wildman–Crippen LogP) is 10.2. The molecule has 0 aromatic heterocycles. The van der Waals surface area contributed by atoms with Gasteiger partial charge in [0.1, 0.15) is 0 Å². The Kier molecular flexibility index (Phi) is 1.93. The Morgan fingerprint density at radius 3 is 1.87 bits per heavy atom. The van der Waals surface area contributed by atoms with Crippen molar-refractivity contribution < 1.29 is 31.5 Å². The van der Waals surface area contributed by atoms with Gasteiger partial charge in [-0.15, -0.1) is 0 Å². The van der Waals surface area contributed by atoms with Crippen molar-refractivity contribution in [1.29, 1.82) is 0 Å². The average molecular weight is 506 g/mol. The van der Waals surface area contributed by atoms with E-state index in [2.05, 4.69) is 0 Å². The molecule has 38 heavy (non-hydrogen) atoms. The number of hydrogen-bond acceptors (Lipinski definition) is 0. The molecule has 0 heteroatoms. The monoisotopic (exact) mass is 505 g/mol. The highest BCUT2D eigenvalue weighted by molar-refractivity contribution is 6.19. The minimum atomic E-state index is -1.92. The molecular weight excluding hydrogens is 456 g/mol. The van der Waals surface area contributed by atoms with E-state index in [-0.39, 0.29) is 16.7 Å². The minimum absolute atomic E-state index is 0.170. The fraction of sp³-hybridized carbons (Fsp3) is 0.0526. The third-order valence-corrected chi connectivity index (χ3v) is 6.69. The van der Waals surface area contributed by atoms with Crippen LogP contribution >= 0.6 is 0 Å². The summed E-state index contributed by atoms with van der Waals surface area (Å²) in [4.78, 5) is 0. The summed E-state index contributed by atoms with van der Waals surface area (Å²) < 4.78 is 205. The predicted molar refractivity (Wildman–Crippen MR) is 162 cm³/mol. The van der Waals surface area contributed by atoms with Gasteiger partial charge in [0, 0.05) is 7.29 Å². The number of rotatable bonds is 2. The topological polar surface area (TPSA) is 0 Å². The Morgan fingerprint density at radius 2 is 1.08 bits per heavy atom. The first-order valence-electron chi connectivity index (χ1n) is 23.1. The van der Waals surface area contributed by atoms with E-state index in [9.17, 15) is 9.60 Å². The van der Waals surface area contributed by atoms with Crippen molar-refractivity contribution in [3.63, 3.8) is 0 Å². The molecule has 0 saturated carbocycles. The maximum Gasteiger partial charge on any atom is 0.0629 e. The lowest BCUT2D eigenvalue weighted by Gasteiger charge is -2.31. The van der Waals surface area contributed by atoms with Crippen molar-refractivity contribution in [2.75, 3.05) is 0 Å². The molecule has 0 fully saturated rings. The van der Waals surface area contributed by atoms with E-state index in [0.717, 1.165) is 6.07 Å². The van der Waals surface area contributed by atoms with Crippen LogP contribution in [0.2, 0.25) is 0 Å². The molecule has 7 aromatic carbocycles. The third kappa shape index (κ3) is 3.10. The number of hydrogen-bond donors (Lipinski definition) is 0. The smallest absolute Gasteiger partial charge is 0.0620 e. The van der Waals surface area contributed by atoms with Crippen LogP contribution in [0.1, 0.15) is 54.1 Å². The molecule has 0 N–H and O–H groups in total. The highest BCUT2D eigenvalue weighted by atomic mass is 14.3. The molecule has 0 spiro atoms. The highest BCUT2D eigenvalue weighted by Crippen LogP contribution is 2.49. The fourth-order valence-electron chi connectivity index (χ4n) is 5.16. The quantitative estimate of drug-likeness (QED) is 0.205. The molecule has 0 aliphatic heterocycles. The average Bonchev–Trinajstić information content (AvgIpc) is 3.23. The van der Waals surface area contributed by atoms with Crippen LogP contribution in [0.15, 0.2) is 139 Å². The first-order valence-corrected chi connectivity index (χ1v) is 11.5. The summed E-state index contributed by atoms with van der Waals surface area (Å²) in [6, 6.07) is -17.0. The maximum absolute atomic E-state index is 9.82. The zero-order valence-corrected chi connectivity index (χ0v) is 19.2. The van der Waals surface area contributed by atoms with Gasteiger partial charge in [-0.1, -0.05) is 139 Å². The van der Waals surface area contributed by atoms with E-state index in [1.807, 2.05) is 0 Å². The lowest BCUT2D eigenvalue weighted by atomic mass is 9.72. The van der Waals surface area contributed by atoms with E-state index < -0.39 is 200 Å². The Bertz CT molecular complexity index is 3160. The largest absolute Gasteiger partial charge is 0.0629 e. The van der Waals surface area contributed by atoms with Crippen LogP contribution in [0.25, 0.3) is 54.6 Å². The van der Waals surface area contributed by atoms with Gasteiger partial charge in [-0.25, -0.2) is 0 Å². The van der Waals surface area contributed by atoms with Crippen LogP contribution in [-0.4, -0.2) is 0 Å². The second kappa shape index (κ2) is 8.43. The second-order valence-corrected chi connectivity index (χ2v) is 8.59. The van der Waals surface area contributed by atoms with Gasteiger partial charge in [-0.3, -0.25) is 0 Å².